The Kier molecular flexibility index (Phi) is 4.05. The maximum absolute atomic E-state index is 9.24. The van der Waals surface area contributed by atoms with E-state index in [1.165, 1.54) is 5.56 Å². The van der Waals surface area contributed by atoms with E-state index in [9.17, 15) is 5.11 Å². The standard InChI is InChI=1S/C10H12ClNO.ClH/c11-9-5-7(1-2-10(9)13)8-3-4-12-6-8;/h1-2,5,8,12-13H,3-4,6H2;1H. The van der Waals surface area contributed by atoms with Crippen molar-refractivity contribution in [1.82, 2.24) is 5.32 Å². The Morgan fingerprint density at radius 1 is 1.43 bits per heavy atom. The van der Waals surface area contributed by atoms with Crippen LogP contribution in [0.25, 0.3) is 0 Å². The fourth-order valence-electron chi connectivity index (χ4n) is 1.72. The molecular weight excluding hydrogens is 221 g/mol. The van der Waals surface area contributed by atoms with Crippen LogP contribution in [0.2, 0.25) is 5.02 Å². The van der Waals surface area contributed by atoms with Crippen molar-refractivity contribution in [3.63, 3.8) is 0 Å². The van der Waals surface area contributed by atoms with E-state index in [0.717, 1.165) is 19.5 Å². The van der Waals surface area contributed by atoms with Crippen molar-refractivity contribution in [2.24, 2.45) is 0 Å². The Labute approximate surface area is 94.7 Å². The van der Waals surface area contributed by atoms with E-state index in [1.54, 1.807) is 6.07 Å². The van der Waals surface area contributed by atoms with Crippen molar-refractivity contribution in [3.8, 4) is 5.75 Å². The summed E-state index contributed by atoms with van der Waals surface area (Å²) in [5.74, 6) is 0.717. The van der Waals surface area contributed by atoms with Crippen LogP contribution in [0.3, 0.4) is 0 Å². The number of benzene rings is 1. The first-order chi connectivity index (χ1) is 6.27. The van der Waals surface area contributed by atoms with Gasteiger partial charge in [0, 0.05) is 6.54 Å². The Bertz CT molecular complexity index is 311. The molecule has 78 valence electrons. The molecule has 4 heteroatoms. The van der Waals surface area contributed by atoms with Crippen LogP contribution in [0.15, 0.2) is 18.2 Å². The SMILES string of the molecule is Cl.Oc1ccc(C2CCNC2)cc1Cl. The van der Waals surface area contributed by atoms with Crippen LogP contribution in [0.4, 0.5) is 0 Å². The van der Waals surface area contributed by atoms with E-state index in [0.29, 0.717) is 10.9 Å². The van der Waals surface area contributed by atoms with Crippen molar-refractivity contribution in [2.75, 3.05) is 13.1 Å². The van der Waals surface area contributed by atoms with Gasteiger partial charge in [0.1, 0.15) is 5.75 Å². The Morgan fingerprint density at radius 2 is 2.21 bits per heavy atom. The maximum Gasteiger partial charge on any atom is 0.134 e. The van der Waals surface area contributed by atoms with Crippen molar-refractivity contribution >= 4 is 24.0 Å². The Hall–Kier alpha value is -0.440. The average Bonchev–Trinajstić information content (AvgIpc) is 2.62. The number of aromatic hydroxyl groups is 1. The zero-order chi connectivity index (χ0) is 9.26. The van der Waals surface area contributed by atoms with Gasteiger partial charge in [-0.05, 0) is 36.6 Å². The zero-order valence-corrected chi connectivity index (χ0v) is 9.24. The van der Waals surface area contributed by atoms with Gasteiger partial charge in [-0.2, -0.15) is 0 Å². The summed E-state index contributed by atoms with van der Waals surface area (Å²) in [6, 6.07) is 5.46. The molecule has 1 aliphatic heterocycles. The second-order valence-corrected chi connectivity index (χ2v) is 3.81. The normalized spacial score (nSPS) is 20.5. The molecule has 0 bridgehead atoms. The molecule has 1 aromatic rings. The average molecular weight is 234 g/mol. The van der Waals surface area contributed by atoms with Gasteiger partial charge in [0.15, 0.2) is 0 Å². The first-order valence-corrected chi connectivity index (χ1v) is 4.84. The third-order valence-electron chi connectivity index (χ3n) is 2.50. The molecule has 1 fully saturated rings. The van der Waals surface area contributed by atoms with Gasteiger partial charge in [-0.15, -0.1) is 12.4 Å². The fraction of sp³-hybridized carbons (Fsp3) is 0.400. The first kappa shape index (κ1) is 11.6. The van der Waals surface area contributed by atoms with Gasteiger partial charge in [-0.3, -0.25) is 0 Å². The third-order valence-corrected chi connectivity index (χ3v) is 2.81. The molecule has 2 rings (SSSR count). The largest absolute Gasteiger partial charge is 0.506 e. The number of phenols is 1. The highest BCUT2D eigenvalue weighted by atomic mass is 35.5. The minimum absolute atomic E-state index is 0. The van der Waals surface area contributed by atoms with E-state index in [2.05, 4.69) is 5.32 Å². The highest BCUT2D eigenvalue weighted by Gasteiger charge is 2.16. The molecule has 1 aromatic carbocycles. The molecule has 0 aliphatic carbocycles. The topological polar surface area (TPSA) is 32.3 Å². The predicted octanol–water partition coefficient (Wildman–Crippen LogP) is 2.54. The number of hydrogen-bond donors (Lipinski definition) is 2. The number of hydrogen-bond acceptors (Lipinski definition) is 2. The predicted molar refractivity (Wildman–Crippen MR) is 60.6 cm³/mol. The van der Waals surface area contributed by atoms with Gasteiger partial charge in [-0.25, -0.2) is 0 Å². The summed E-state index contributed by atoms with van der Waals surface area (Å²) >= 11 is 5.82. The molecule has 0 amide bonds. The maximum atomic E-state index is 9.24. The lowest BCUT2D eigenvalue weighted by Gasteiger charge is -2.09. The monoisotopic (exact) mass is 233 g/mol. The van der Waals surface area contributed by atoms with Gasteiger partial charge >= 0.3 is 0 Å². The van der Waals surface area contributed by atoms with Crippen LogP contribution in [-0.2, 0) is 0 Å². The Balaban J connectivity index is 0.000000980. The summed E-state index contributed by atoms with van der Waals surface area (Å²) in [5.41, 5.74) is 1.22. The van der Waals surface area contributed by atoms with Crippen molar-refractivity contribution in [2.45, 2.75) is 12.3 Å². The summed E-state index contributed by atoms with van der Waals surface area (Å²) in [6.07, 6.45) is 1.15. The summed E-state index contributed by atoms with van der Waals surface area (Å²) in [5, 5.41) is 13.0. The van der Waals surface area contributed by atoms with E-state index >= 15 is 0 Å². The van der Waals surface area contributed by atoms with Crippen LogP contribution in [-0.4, -0.2) is 18.2 Å². The van der Waals surface area contributed by atoms with Crippen molar-refractivity contribution in [3.05, 3.63) is 28.8 Å². The second kappa shape index (κ2) is 4.87. The molecule has 2 nitrogen and oxygen atoms in total. The number of halogens is 2. The van der Waals surface area contributed by atoms with Crippen LogP contribution >= 0.6 is 24.0 Å². The molecule has 14 heavy (non-hydrogen) atoms. The molecule has 1 aliphatic rings. The molecule has 1 atom stereocenters. The lowest BCUT2D eigenvalue weighted by molar-refractivity contribution is 0.475. The van der Waals surface area contributed by atoms with Gasteiger partial charge in [-0.1, -0.05) is 17.7 Å². The summed E-state index contributed by atoms with van der Waals surface area (Å²) in [4.78, 5) is 0. The van der Waals surface area contributed by atoms with Crippen LogP contribution < -0.4 is 5.32 Å². The van der Waals surface area contributed by atoms with Crippen LogP contribution in [0, 0.1) is 0 Å². The van der Waals surface area contributed by atoms with E-state index < -0.39 is 0 Å². The highest BCUT2D eigenvalue weighted by molar-refractivity contribution is 6.32. The smallest absolute Gasteiger partial charge is 0.134 e. The number of nitrogens with one attached hydrogen (secondary N) is 1. The molecule has 2 N–H and O–H groups in total. The van der Waals surface area contributed by atoms with Crippen LogP contribution in [0.5, 0.6) is 5.75 Å². The lowest BCUT2D eigenvalue weighted by atomic mass is 9.98. The first-order valence-electron chi connectivity index (χ1n) is 4.46. The van der Waals surface area contributed by atoms with Gasteiger partial charge < -0.3 is 10.4 Å². The fourth-order valence-corrected chi connectivity index (χ4v) is 1.91. The molecule has 1 saturated heterocycles. The minimum atomic E-state index is 0. The second-order valence-electron chi connectivity index (χ2n) is 3.40. The Morgan fingerprint density at radius 3 is 2.79 bits per heavy atom. The van der Waals surface area contributed by atoms with Crippen LogP contribution in [0.1, 0.15) is 17.9 Å². The van der Waals surface area contributed by atoms with E-state index in [1.807, 2.05) is 12.1 Å². The minimum Gasteiger partial charge on any atom is -0.506 e. The van der Waals surface area contributed by atoms with Gasteiger partial charge in [0.25, 0.3) is 0 Å². The van der Waals surface area contributed by atoms with Crippen molar-refractivity contribution in [1.29, 1.82) is 0 Å². The van der Waals surface area contributed by atoms with Gasteiger partial charge in [0.2, 0.25) is 0 Å². The lowest BCUT2D eigenvalue weighted by Crippen LogP contribution is -2.07. The van der Waals surface area contributed by atoms with Gasteiger partial charge in [0.05, 0.1) is 5.02 Å². The van der Waals surface area contributed by atoms with E-state index in [4.69, 9.17) is 11.6 Å². The number of rotatable bonds is 1. The molecule has 1 unspecified atom stereocenters. The van der Waals surface area contributed by atoms with Crippen molar-refractivity contribution < 1.29 is 5.11 Å². The summed E-state index contributed by atoms with van der Waals surface area (Å²) in [6.45, 7) is 2.09. The summed E-state index contributed by atoms with van der Waals surface area (Å²) in [7, 11) is 0. The quantitative estimate of drug-likeness (QED) is 0.782. The highest BCUT2D eigenvalue weighted by Crippen LogP contribution is 2.29. The van der Waals surface area contributed by atoms with E-state index in [-0.39, 0.29) is 18.2 Å². The molecular formula is C10H13Cl2NO. The third kappa shape index (κ3) is 2.32. The molecule has 0 aromatic heterocycles. The molecule has 0 radical (unpaired) electrons. The number of phenolic OH excluding ortho intramolecular Hbond substituents is 1. The molecule has 0 saturated carbocycles. The summed E-state index contributed by atoms with van der Waals surface area (Å²) < 4.78 is 0. The molecule has 0 spiro atoms. The molecule has 1 heterocycles. The zero-order valence-electron chi connectivity index (χ0n) is 7.66.